The molecule has 4 rings (SSSR count). The lowest BCUT2D eigenvalue weighted by Crippen LogP contribution is -2.30. The Hall–Kier alpha value is -2.60. The predicted octanol–water partition coefficient (Wildman–Crippen LogP) is 5.51. The third-order valence-electron chi connectivity index (χ3n) is 5.50. The maximum Gasteiger partial charge on any atom is 0.273 e. The van der Waals surface area contributed by atoms with Crippen LogP contribution >= 0.6 is 15.9 Å². The van der Waals surface area contributed by atoms with Crippen molar-refractivity contribution in [1.29, 1.82) is 0 Å². The van der Waals surface area contributed by atoms with E-state index in [0.29, 0.717) is 23.5 Å². The molecule has 1 aliphatic heterocycles. The molecule has 1 amide bonds. The van der Waals surface area contributed by atoms with E-state index in [1.165, 1.54) is 0 Å². The minimum Gasteiger partial charge on any atom is -0.507 e. The Morgan fingerprint density at radius 3 is 2.59 bits per heavy atom. The highest BCUT2D eigenvalue weighted by molar-refractivity contribution is 9.10. The molecule has 0 saturated carbocycles. The average Bonchev–Trinajstić information content (AvgIpc) is 3.20. The summed E-state index contributed by atoms with van der Waals surface area (Å²) in [4.78, 5) is 15.1. The number of aryl methyl sites for hydroxylation is 2. The van der Waals surface area contributed by atoms with Gasteiger partial charge in [-0.3, -0.25) is 9.89 Å². The summed E-state index contributed by atoms with van der Waals surface area (Å²) in [5.74, 6) is 0.148. The van der Waals surface area contributed by atoms with Gasteiger partial charge in [0.25, 0.3) is 5.91 Å². The number of carbonyl (C=O) groups is 1. The molecule has 1 aliphatic rings. The number of amides is 1. The first-order valence-corrected chi connectivity index (χ1v) is 10.7. The minimum atomic E-state index is -0.231. The highest BCUT2D eigenvalue weighted by Gasteiger charge is 2.42. The van der Waals surface area contributed by atoms with E-state index >= 15 is 0 Å². The van der Waals surface area contributed by atoms with Crippen LogP contribution in [-0.2, 0) is 0 Å². The number of phenols is 1. The van der Waals surface area contributed by atoms with Crippen molar-refractivity contribution in [3.63, 3.8) is 0 Å². The Morgan fingerprint density at radius 1 is 1.21 bits per heavy atom. The second-order valence-corrected chi connectivity index (χ2v) is 8.56. The maximum absolute atomic E-state index is 13.2. The molecule has 6 heteroatoms. The summed E-state index contributed by atoms with van der Waals surface area (Å²) in [6, 6.07) is 11.6. The van der Waals surface area contributed by atoms with Crippen LogP contribution in [0.5, 0.6) is 5.75 Å². The van der Waals surface area contributed by atoms with Crippen LogP contribution < -0.4 is 0 Å². The van der Waals surface area contributed by atoms with E-state index in [2.05, 4.69) is 33.1 Å². The number of phenolic OH excluding ortho intramolecular Hbond substituents is 1. The molecule has 2 N–H and O–H groups in total. The molecule has 150 valence electrons. The second-order valence-electron chi connectivity index (χ2n) is 7.64. The number of hydrogen-bond acceptors (Lipinski definition) is 3. The van der Waals surface area contributed by atoms with E-state index < -0.39 is 0 Å². The fourth-order valence-corrected chi connectivity index (χ4v) is 4.46. The van der Waals surface area contributed by atoms with Crippen LogP contribution in [0.15, 0.2) is 40.9 Å². The van der Waals surface area contributed by atoms with Crippen LogP contribution in [-0.4, -0.2) is 32.7 Å². The van der Waals surface area contributed by atoms with Crippen molar-refractivity contribution in [3.8, 4) is 17.0 Å². The minimum absolute atomic E-state index is 0.0376. The number of carbonyl (C=O) groups excluding carboxylic acids is 1. The van der Waals surface area contributed by atoms with Crippen molar-refractivity contribution < 1.29 is 9.90 Å². The van der Waals surface area contributed by atoms with E-state index in [-0.39, 0.29) is 17.7 Å². The van der Waals surface area contributed by atoms with Crippen LogP contribution in [0.25, 0.3) is 11.3 Å². The van der Waals surface area contributed by atoms with Gasteiger partial charge in [0.1, 0.15) is 17.1 Å². The SMILES string of the molecule is CCCCN1C(=O)c2[nH]nc(-c3c(C)cc(C)cc3O)c2C1c1ccc(Br)cc1. The van der Waals surface area contributed by atoms with Gasteiger partial charge in [0, 0.05) is 22.1 Å². The molecule has 1 atom stereocenters. The van der Waals surface area contributed by atoms with Gasteiger partial charge in [-0.25, -0.2) is 0 Å². The molecular formula is C23H24BrN3O2. The number of halogens is 1. The number of H-pyrrole nitrogens is 1. The molecule has 0 radical (unpaired) electrons. The fourth-order valence-electron chi connectivity index (χ4n) is 4.19. The van der Waals surface area contributed by atoms with Crippen molar-refractivity contribution in [1.82, 2.24) is 15.1 Å². The van der Waals surface area contributed by atoms with Crippen LogP contribution in [0.4, 0.5) is 0 Å². The number of aromatic nitrogens is 2. The van der Waals surface area contributed by atoms with Gasteiger partial charge < -0.3 is 10.0 Å². The fraction of sp³-hybridized carbons (Fsp3) is 0.304. The van der Waals surface area contributed by atoms with Gasteiger partial charge in [-0.05, 0) is 55.2 Å². The molecule has 5 nitrogen and oxygen atoms in total. The quantitative estimate of drug-likeness (QED) is 0.535. The first-order valence-electron chi connectivity index (χ1n) is 9.87. The number of fused-ring (bicyclic) bond motifs is 1. The van der Waals surface area contributed by atoms with Crippen molar-refractivity contribution >= 4 is 21.8 Å². The zero-order valence-corrected chi connectivity index (χ0v) is 18.4. The zero-order valence-electron chi connectivity index (χ0n) is 16.8. The van der Waals surface area contributed by atoms with Crippen LogP contribution in [0.2, 0.25) is 0 Å². The van der Waals surface area contributed by atoms with Gasteiger partial charge >= 0.3 is 0 Å². The molecule has 0 fully saturated rings. The van der Waals surface area contributed by atoms with Crippen molar-refractivity contribution in [2.45, 2.75) is 39.7 Å². The molecule has 3 aromatic rings. The van der Waals surface area contributed by atoms with Crippen molar-refractivity contribution in [2.24, 2.45) is 0 Å². The normalized spacial score (nSPS) is 15.8. The number of rotatable bonds is 5. The van der Waals surface area contributed by atoms with Gasteiger partial charge in [-0.2, -0.15) is 5.10 Å². The summed E-state index contributed by atoms with van der Waals surface area (Å²) < 4.78 is 0.991. The lowest BCUT2D eigenvalue weighted by atomic mass is 9.93. The number of aromatic hydroxyl groups is 1. The summed E-state index contributed by atoms with van der Waals surface area (Å²) in [6.45, 7) is 6.71. The predicted molar refractivity (Wildman–Crippen MR) is 117 cm³/mol. The van der Waals surface area contributed by atoms with Crippen LogP contribution in [0.1, 0.15) is 58.5 Å². The molecular weight excluding hydrogens is 430 g/mol. The van der Waals surface area contributed by atoms with Gasteiger partial charge in [0.05, 0.1) is 6.04 Å². The Balaban J connectivity index is 1.91. The molecule has 1 aromatic heterocycles. The highest BCUT2D eigenvalue weighted by Crippen LogP contribution is 2.45. The van der Waals surface area contributed by atoms with Crippen molar-refractivity contribution in [3.05, 3.63) is 68.8 Å². The number of hydrogen-bond donors (Lipinski definition) is 2. The number of unbranched alkanes of at least 4 members (excludes halogenated alkanes) is 1. The third-order valence-corrected chi connectivity index (χ3v) is 6.03. The maximum atomic E-state index is 13.2. The monoisotopic (exact) mass is 453 g/mol. The number of aromatic amines is 1. The van der Waals surface area contributed by atoms with Crippen LogP contribution in [0, 0.1) is 13.8 Å². The average molecular weight is 454 g/mol. The largest absolute Gasteiger partial charge is 0.507 e. The third kappa shape index (κ3) is 3.35. The lowest BCUT2D eigenvalue weighted by molar-refractivity contribution is 0.0741. The molecule has 1 unspecified atom stereocenters. The Morgan fingerprint density at radius 2 is 1.93 bits per heavy atom. The smallest absolute Gasteiger partial charge is 0.273 e. The molecule has 29 heavy (non-hydrogen) atoms. The molecule has 0 saturated heterocycles. The van der Waals surface area contributed by atoms with E-state index in [1.807, 2.05) is 49.1 Å². The van der Waals surface area contributed by atoms with Gasteiger partial charge in [-0.1, -0.05) is 47.5 Å². The number of nitrogens with one attached hydrogen (secondary N) is 1. The van der Waals surface area contributed by atoms with Gasteiger partial charge in [0.15, 0.2) is 0 Å². The topological polar surface area (TPSA) is 69.2 Å². The van der Waals surface area contributed by atoms with Gasteiger partial charge in [0.2, 0.25) is 0 Å². The second kappa shape index (κ2) is 7.67. The van der Waals surface area contributed by atoms with Crippen molar-refractivity contribution in [2.75, 3.05) is 6.54 Å². The standard InChI is InChI=1S/C23H24BrN3O2/c1-4-5-10-27-22(15-6-8-16(24)9-7-15)19-20(25-26-21(19)23(27)29)18-14(3)11-13(2)12-17(18)28/h6-9,11-12,22,28H,4-5,10H2,1-3H3,(H,25,26). The lowest BCUT2D eigenvalue weighted by Gasteiger charge is -2.26. The Labute approximate surface area is 178 Å². The first kappa shape index (κ1) is 19.7. The molecule has 0 spiro atoms. The highest BCUT2D eigenvalue weighted by atomic mass is 79.9. The van der Waals surface area contributed by atoms with E-state index in [9.17, 15) is 9.90 Å². The van der Waals surface area contributed by atoms with E-state index in [1.54, 1.807) is 6.07 Å². The molecule has 0 aliphatic carbocycles. The Bertz CT molecular complexity index is 1050. The summed E-state index contributed by atoms with van der Waals surface area (Å²) in [7, 11) is 0. The number of nitrogens with zero attached hydrogens (tertiary/aromatic N) is 2. The summed E-state index contributed by atoms with van der Waals surface area (Å²) in [5, 5.41) is 18.1. The van der Waals surface area contributed by atoms with E-state index in [0.717, 1.165) is 39.6 Å². The zero-order chi connectivity index (χ0) is 20.7. The van der Waals surface area contributed by atoms with E-state index in [4.69, 9.17) is 0 Å². The molecule has 2 heterocycles. The first-order chi connectivity index (χ1) is 13.9. The molecule has 0 bridgehead atoms. The Kier molecular flexibility index (Phi) is 5.21. The summed E-state index contributed by atoms with van der Waals surface area (Å²) in [5.41, 5.74) is 5.64. The summed E-state index contributed by atoms with van der Waals surface area (Å²) >= 11 is 3.49. The summed E-state index contributed by atoms with van der Waals surface area (Å²) in [6.07, 6.45) is 1.94. The van der Waals surface area contributed by atoms with Crippen LogP contribution in [0.3, 0.4) is 0 Å². The molecule has 2 aromatic carbocycles. The number of benzene rings is 2. The van der Waals surface area contributed by atoms with Gasteiger partial charge in [-0.15, -0.1) is 0 Å².